The highest BCUT2D eigenvalue weighted by Crippen LogP contribution is 2.21. The molecule has 0 saturated heterocycles. The summed E-state index contributed by atoms with van der Waals surface area (Å²) in [4.78, 5) is 11.7. The number of hydrogen-bond donors (Lipinski definition) is 1. The quantitative estimate of drug-likeness (QED) is 0.648. The maximum absolute atomic E-state index is 4.29. The molecule has 0 amide bonds. The highest BCUT2D eigenvalue weighted by molar-refractivity contribution is 5.84. The fraction of sp³-hybridized carbons (Fsp3) is 0. The van der Waals surface area contributed by atoms with E-state index in [4.69, 9.17) is 0 Å². The second-order valence-electron chi connectivity index (χ2n) is 3.36. The molecule has 0 aromatic carbocycles. The van der Waals surface area contributed by atoms with Crippen molar-refractivity contribution < 1.29 is 0 Å². The molecule has 3 rings (SSSR count). The Labute approximate surface area is 86.8 Å². The van der Waals surface area contributed by atoms with Gasteiger partial charge in [-0.25, -0.2) is 0 Å². The monoisotopic (exact) mass is 195 g/mol. The summed E-state index contributed by atoms with van der Waals surface area (Å²) < 4.78 is 0. The SMILES string of the molecule is c1ccc(-c2cc3cnccc3[nH]2)nc1. The summed E-state index contributed by atoms with van der Waals surface area (Å²) in [5.41, 5.74) is 3.07. The normalized spacial score (nSPS) is 10.7. The van der Waals surface area contributed by atoms with Crippen LogP contribution in [0.15, 0.2) is 48.9 Å². The van der Waals surface area contributed by atoms with Gasteiger partial charge in [-0.3, -0.25) is 9.97 Å². The second-order valence-corrected chi connectivity index (χ2v) is 3.36. The van der Waals surface area contributed by atoms with Crippen LogP contribution in [-0.4, -0.2) is 15.0 Å². The third-order valence-corrected chi connectivity index (χ3v) is 2.36. The lowest BCUT2D eigenvalue weighted by Crippen LogP contribution is -1.80. The van der Waals surface area contributed by atoms with E-state index in [1.807, 2.05) is 30.5 Å². The van der Waals surface area contributed by atoms with Crippen LogP contribution in [0.25, 0.3) is 22.3 Å². The zero-order valence-corrected chi connectivity index (χ0v) is 8.01. The van der Waals surface area contributed by atoms with Gasteiger partial charge in [-0.15, -0.1) is 0 Å². The van der Waals surface area contributed by atoms with E-state index in [0.29, 0.717) is 0 Å². The molecule has 0 unspecified atom stereocenters. The first-order chi connectivity index (χ1) is 7.43. The Hall–Kier alpha value is -2.16. The first-order valence-electron chi connectivity index (χ1n) is 4.77. The average Bonchev–Trinajstić information content (AvgIpc) is 2.74. The summed E-state index contributed by atoms with van der Waals surface area (Å²) in [5, 5.41) is 1.11. The molecule has 3 heterocycles. The van der Waals surface area contributed by atoms with Gasteiger partial charge in [0.05, 0.1) is 11.4 Å². The predicted molar refractivity (Wildman–Crippen MR) is 59.3 cm³/mol. The van der Waals surface area contributed by atoms with Crippen molar-refractivity contribution in [3.8, 4) is 11.4 Å². The standard InChI is InChI=1S/C12H9N3/c1-2-5-14-11(3-1)12-7-9-8-13-6-4-10(9)15-12/h1-8,15H. The van der Waals surface area contributed by atoms with E-state index in [2.05, 4.69) is 21.0 Å². The van der Waals surface area contributed by atoms with Gasteiger partial charge in [0.15, 0.2) is 0 Å². The van der Waals surface area contributed by atoms with Crippen molar-refractivity contribution >= 4 is 10.9 Å². The summed E-state index contributed by atoms with van der Waals surface area (Å²) in [6, 6.07) is 9.89. The van der Waals surface area contributed by atoms with Crippen molar-refractivity contribution in [1.29, 1.82) is 0 Å². The Morgan fingerprint density at radius 1 is 1.07 bits per heavy atom. The van der Waals surface area contributed by atoms with E-state index in [9.17, 15) is 0 Å². The lowest BCUT2D eigenvalue weighted by molar-refractivity contribution is 1.29. The zero-order chi connectivity index (χ0) is 10.1. The molecule has 0 radical (unpaired) electrons. The van der Waals surface area contributed by atoms with Crippen LogP contribution in [0.2, 0.25) is 0 Å². The van der Waals surface area contributed by atoms with Gasteiger partial charge in [0.2, 0.25) is 0 Å². The Morgan fingerprint density at radius 2 is 2.07 bits per heavy atom. The van der Waals surface area contributed by atoms with Crippen LogP contribution in [0.4, 0.5) is 0 Å². The number of hydrogen-bond acceptors (Lipinski definition) is 2. The van der Waals surface area contributed by atoms with Crippen molar-refractivity contribution in [3.63, 3.8) is 0 Å². The maximum Gasteiger partial charge on any atom is 0.0864 e. The minimum absolute atomic E-state index is 0.953. The van der Waals surface area contributed by atoms with Gasteiger partial charge in [0, 0.05) is 29.5 Å². The minimum Gasteiger partial charge on any atom is -0.353 e. The van der Waals surface area contributed by atoms with Crippen molar-refractivity contribution in [3.05, 3.63) is 48.9 Å². The number of nitrogens with one attached hydrogen (secondary N) is 1. The van der Waals surface area contributed by atoms with Crippen molar-refractivity contribution in [2.75, 3.05) is 0 Å². The molecular weight excluding hydrogens is 186 g/mol. The highest BCUT2D eigenvalue weighted by atomic mass is 14.8. The molecule has 15 heavy (non-hydrogen) atoms. The molecule has 0 saturated carbocycles. The topological polar surface area (TPSA) is 41.6 Å². The molecular formula is C12H9N3. The van der Waals surface area contributed by atoms with Gasteiger partial charge >= 0.3 is 0 Å². The molecule has 3 heteroatoms. The van der Waals surface area contributed by atoms with Crippen LogP contribution in [0, 0.1) is 0 Å². The number of H-pyrrole nitrogens is 1. The Kier molecular flexibility index (Phi) is 1.75. The number of aromatic amines is 1. The summed E-state index contributed by atoms with van der Waals surface area (Å²) in [5.74, 6) is 0. The fourth-order valence-electron chi connectivity index (χ4n) is 1.63. The van der Waals surface area contributed by atoms with E-state index in [0.717, 1.165) is 22.3 Å². The first-order valence-corrected chi connectivity index (χ1v) is 4.77. The third-order valence-electron chi connectivity index (χ3n) is 2.36. The summed E-state index contributed by atoms with van der Waals surface area (Å²) in [7, 11) is 0. The van der Waals surface area contributed by atoms with Gasteiger partial charge in [0.25, 0.3) is 0 Å². The molecule has 0 aliphatic rings. The molecule has 3 aromatic heterocycles. The fourth-order valence-corrected chi connectivity index (χ4v) is 1.63. The van der Waals surface area contributed by atoms with Gasteiger partial charge < -0.3 is 4.98 Å². The van der Waals surface area contributed by atoms with E-state index in [1.165, 1.54) is 0 Å². The largest absolute Gasteiger partial charge is 0.353 e. The van der Waals surface area contributed by atoms with Gasteiger partial charge in [-0.05, 0) is 24.3 Å². The van der Waals surface area contributed by atoms with Crippen LogP contribution < -0.4 is 0 Å². The smallest absolute Gasteiger partial charge is 0.0864 e. The molecule has 0 fully saturated rings. The lowest BCUT2D eigenvalue weighted by atomic mass is 10.2. The van der Waals surface area contributed by atoms with Crippen molar-refractivity contribution in [1.82, 2.24) is 15.0 Å². The first kappa shape index (κ1) is 8.17. The zero-order valence-electron chi connectivity index (χ0n) is 8.01. The Bertz CT molecular complexity index is 551. The van der Waals surface area contributed by atoms with E-state index in [1.54, 1.807) is 12.4 Å². The second kappa shape index (κ2) is 3.20. The van der Waals surface area contributed by atoms with Gasteiger partial charge in [0.1, 0.15) is 0 Å². The van der Waals surface area contributed by atoms with E-state index < -0.39 is 0 Å². The highest BCUT2D eigenvalue weighted by Gasteiger charge is 2.02. The number of aromatic nitrogens is 3. The van der Waals surface area contributed by atoms with Crippen molar-refractivity contribution in [2.45, 2.75) is 0 Å². The molecule has 1 N–H and O–H groups in total. The molecule has 0 aliphatic heterocycles. The van der Waals surface area contributed by atoms with Crippen LogP contribution in [0.1, 0.15) is 0 Å². The van der Waals surface area contributed by atoms with Gasteiger partial charge in [-0.2, -0.15) is 0 Å². The maximum atomic E-state index is 4.29. The van der Waals surface area contributed by atoms with Crippen LogP contribution in [0.3, 0.4) is 0 Å². The Morgan fingerprint density at radius 3 is 2.87 bits per heavy atom. The van der Waals surface area contributed by atoms with Crippen molar-refractivity contribution in [2.24, 2.45) is 0 Å². The molecule has 3 nitrogen and oxygen atoms in total. The molecule has 0 aliphatic carbocycles. The molecule has 72 valence electrons. The van der Waals surface area contributed by atoms with Gasteiger partial charge in [-0.1, -0.05) is 6.07 Å². The molecule has 3 aromatic rings. The summed E-state index contributed by atoms with van der Waals surface area (Å²) >= 11 is 0. The number of nitrogens with zero attached hydrogens (tertiary/aromatic N) is 2. The molecule has 0 bridgehead atoms. The van der Waals surface area contributed by atoms with Crippen LogP contribution >= 0.6 is 0 Å². The average molecular weight is 195 g/mol. The number of pyridine rings is 2. The number of fused-ring (bicyclic) bond motifs is 1. The summed E-state index contributed by atoms with van der Waals surface area (Å²) in [6.45, 7) is 0. The van der Waals surface area contributed by atoms with Crippen LogP contribution in [-0.2, 0) is 0 Å². The number of rotatable bonds is 1. The molecule has 0 atom stereocenters. The van der Waals surface area contributed by atoms with E-state index >= 15 is 0 Å². The molecule has 0 spiro atoms. The van der Waals surface area contributed by atoms with E-state index in [-0.39, 0.29) is 0 Å². The minimum atomic E-state index is 0.953. The third kappa shape index (κ3) is 1.38. The predicted octanol–water partition coefficient (Wildman–Crippen LogP) is 2.62. The lowest BCUT2D eigenvalue weighted by Gasteiger charge is -1.93. The Balaban J connectivity index is 2.21. The summed E-state index contributed by atoms with van der Waals surface area (Å²) in [6.07, 6.45) is 5.42. The van der Waals surface area contributed by atoms with Crippen LogP contribution in [0.5, 0.6) is 0 Å².